The number of nitrogen functional groups attached to an aromatic ring is 1. The summed E-state index contributed by atoms with van der Waals surface area (Å²) in [6, 6.07) is 4.64. The SMILES string of the molecule is CC(C)(Nc1nc(N)nc(-c2ccc3cn[nH]c3c2F)n1)c1ccn(C(F)F)n1. The van der Waals surface area contributed by atoms with Crippen molar-refractivity contribution in [1.29, 1.82) is 0 Å². The molecule has 0 bridgehead atoms. The molecule has 0 spiro atoms. The highest BCUT2D eigenvalue weighted by atomic mass is 19.3. The van der Waals surface area contributed by atoms with Gasteiger partial charge in [0.05, 0.1) is 23.0 Å². The van der Waals surface area contributed by atoms with Gasteiger partial charge in [-0.3, -0.25) is 5.10 Å². The number of aromatic amines is 1. The molecule has 0 aliphatic heterocycles. The second-order valence-electron chi connectivity index (χ2n) is 6.81. The Morgan fingerprint density at radius 2 is 1.97 bits per heavy atom. The highest BCUT2D eigenvalue weighted by molar-refractivity contribution is 5.83. The minimum Gasteiger partial charge on any atom is -0.368 e. The number of nitrogens with two attached hydrogens (primary N) is 1. The molecule has 29 heavy (non-hydrogen) atoms. The topological polar surface area (TPSA) is 123 Å². The fourth-order valence-electron chi connectivity index (χ4n) is 2.84. The summed E-state index contributed by atoms with van der Waals surface area (Å²) in [7, 11) is 0. The minimum atomic E-state index is -2.75. The number of nitrogens with one attached hydrogen (secondary N) is 2. The number of rotatable bonds is 5. The van der Waals surface area contributed by atoms with Gasteiger partial charge in [-0.05, 0) is 26.0 Å². The van der Waals surface area contributed by atoms with Crippen LogP contribution in [0, 0.1) is 5.82 Å². The number of benzene rings is 1. The average molecular weight is 403 g/mol. The zero-order valence-corrected chi connectivity index (χ0v) is 15.4. The Kier molecular flexibility index (Phi) is 4.32. The van der Waals surface area contributed by atoms with Gasteiger partial charge in [-0.1, -0.05) is 6.07 Å². The normalized spacial score (nSPS) is 12.1. The summed E-state index contributed by atoms with van der Waals surface area (Å²) in [5.41, 5.74) is 5.52. The molecule has 0 saturated heterocycles. The van der Waals surface area contributed by atoms with Crippen LogP contribution in [0.25, 0.3) is 22.3 Å². The molecule has 0 amide bonds. The van der Waals surface area contributed by atoms with Crippen molar-refractivity contribution in [2.75, 3.05) is 11.1 Å². The molecule has 150 valence electrons. The fourth-order valence-corrected chi connectivity index (χ4v) is 2.84. The van der Waals surface area contributed by atoms with Crippen molar-refractivity contribution in [2.24, 2.45) is 0 Å². The van der Waals surface area contributed by atoms with Crippen LogP contribution in [-0.4, -0.2) is 34.9 Å². The van der Waals surface area contributed by atoms with Crippen molar-refractivity contribution in [3.8, 4) is 11.4 Å². The van der Waals surface area contributed by atoms with E-state index in [1.54, 1.807) is 19.9 Å². The Hall–Kier alpha value is -3.70. The van der Waals surface area contributed by atoms with Crippen LogP contribution < -0.4 is 11.1 Å². The second kappa shape index (κ2) is 6.72. The summed E-state index contributed by atoms with van der Waals surface area (Å²) in [6.07, 6.45) is 2.67. The molecular weight excluding hydrogens is 387 g/mol. The molecule has 1 aromatic carbocycles. The predicted molar refractivity (Wildman–Crippen MR) is 99.4 cm³/mol. The average Bonchev–Trinajstić information content (AvgIpc) is 3.31. The monoisotopic (exact) mass is 403 g/mol. The number of hydrogen-bond acceptors (Lipinski definition) is 7. The third-order valence-corrected chi connectivity index (χ3v) is 4.32. The van der Waals surface area contributed by atoms with Crippen LogP contribution in [0.3, 0.4) is 0 Å². The lowest BCUT2D eigenvalue weighted by Crippen LogP contribution is -2.30. The zero-order valence-electron chi connectivity index (χ0n) is 15.4. The predicted octanol–water partition coefficient (Wildman–Crippen LogP) is 3.08. The third-order valence-electron chi connectivity index (χ3n) is 4.32. The molecule has 12 heteroatoms. The first-order chi connectivity index (χ1) is 13.7. The van der Waals surface area contributed by atoms with Crippen LogP contribution in [0.2, 0.25) is 0 Å². The Morgan fingerprint density at radius 3 is 2.69 bits per heavy atom. The van der Waals surface area contributed by atoms with Crippen LogP contribution in [0.4, 0.5) is 25.1 Å². The second-order valence-corrected chi connectivity index (χ2v) is 6.81. The number of hydrogen-bond donors (Lipinski definition) is 3. The Balaban J connectivity index is 1.70. The van der Waals surface area contributed by atoms with E-state index in [1.165, 1.54) is 24.5 Å². The Morgan fingerprint density at radius 1 is 1.17 bits per heavy atom. The van der Waals surface area contributed by atoms with E-state index in [4.69, 9.17) is 5.73 Å². The lowest BCUT2D eigenvalue weighted by molar-refractivity contribution is 0.0558. The molecule has 9 nitrogen and oxygen atoms in total. The maximum atomic E-state index is 14.8. The largest absolute Gasteiger partial charge is 0.368 e. The summed E-state index contributed by atoms with van der Waals surface area (Å²) in [4.78, 5) is 12.3. The molecule has 0 fully saturated rings. The first-order valence-electron chi connectivity index (χ1n) is 8.50. The first-order valence-corrected chi connectivity index (χ1v) is 8.50. The Bertz CT molecular complexity index is 1180. The lowest BCUT2D eigenvalue weighted by atomic mass is 10.0. The summed E-state index contributed by atoms with van der Waals surface area (Å²) >= 11 is 0. The van der Waals surface area contributed by atoms with E-state index < -0.39 is 17.9 Å². The van der Waals surface area contributed by atoms with E-state index in [-0.39, 0.29) is 28.8 Å². The fraction of sp³-hybridized carbons (Fsp3) is 0.235. The van der Waals surface area contributed by atoms with E-state index in [9.17, 15) is 13.2 Å². The third kappa shape index (κ3) is 3.44. The summed E-state index contributed by atoms with van der Waals surface area (Å²) < 4.78 is 41.0. The maximum absolute atomic E-state index is 14.8. The minimum absolute atomic E-state index is 0.0166. The number of H-pyrrole nitrogens is 1. The van der Waals surface area contributed by atoms with Crippen molar-refractivity contribution >= 4 is 22.8 Å². The van der Waals surface area contributed by atoms with Gasteiger partial charge >= 0.3 is 6.55 Å². The number of aromatic nitrogens is 7. The van der Waals surface area contributed by atoms with Gasteiger partial charge in [0, 0.05) is 11.6 Å². The van der Waals surface area contributed by atoms with Crippen LogP contribution >= 0.6 is 0 Å². The van der Waals surface area contributed by atoms with Crippen LogP contribution in [0.5, 0.6) is 0 Å². The van der Waals surface area contributed by atoms with E-state index in [0.29, 0.717) is 15.8 Å². The van der Waals surface area contributed by atoms with Crippen molar-refractivity contribution < 1.29 is 13.2 Å². The van der Waals surface area contributed by atoms with E-state index in [1.807, 2.05) is 0 Å². The number of fused-ring (bicyclic) bond motifs is 1. The molecular formula is C17H16F3N9. The van der Waals surface area contributed by atoms with Gasteiger partial charge in [0.15, 0.2) is 11.6 Å². The maximum Gasteiger partial charge on any atom is 0.333 e. The van der Waals surface area contributed by atoms with Crippen LogP contribution in [0.15, 0.2) is 30.6 Å². The first kappa shape index (κ1) is 18.7. The molecule has 0 aliphatic rings. The Labute approximate surface area is 162 Å². The molecule has 0 radical (unpaired) electrons. The summed E-state index contributed by atoms with van der Waals surface area (Å²) in [6.45, 7) is 0.670. The van der Waals surface area contributed by atoms with Gasteiger partial charge in [-0.2, -0.15) is 33.9 Å². The van der Waals surface area contributed by atoms with Gasteiger partial charge in [0.25, 0.3) is 0 Å². The molecule has 3 aromatic heterocycles. The van der Waals surface area contributed by atoms with E-state index >= 15 is 0 Å². The number of anilines is 2. The van der Waals surface area contributed by atoms with Gasteiger partial charge in [0.1, 0.15) is 5.52 Å². The molecule has 4 N–H and O–H groups in total. The molecule has 4 aromatic rings. The van der Waals surface area contributed by atoms with Gasteiger partial charge < -0.3 is 11.1 Å². The van der Waals surface area contributed by atoms with E-state index in [0.717, 1.165) is 0 Å². The van der Waals surface area contributed by atoms with Crippen molar-refractivity contribution in [2.45, 2.75) is 25.9 Å². The van der Waals surface area contributed by atoms with Crippen molar-refractivity contribution in [3.63, 3.8) is 0 Å². The standard InChI is InChI=1S/C17H16F3N9/c1-17(2,10-5-6-29(28-10)14(19)20)26-16-24-13(23-15(21)25-16)9-4-3-8-7-22-27-12(8)11(9)18/h3-7,14H,1-2H3,(H,22,27)(H3,21,23,24,25,26). The van der Waals surface area contributed by atoms with Crippen LogP contribution in [0.1, 0.15) is 26.1 Å². The molecule has 0 saturated carbocycles. The van der Waals surface area contributed by atoms with Crippen molar-refractivity contribution in [3.05, 3.63) is 42.1 Å². The molecule has 0 aliphatic carbocycles. The molecule has 0 unspecified atom stereocenters. The number of nitrogens with zero attached hydrogens (tertiary/aromatic N) is 6. The number of halogens is 3. The zero-order chi connectivity index (χ0) is 20.8. The van der Waals surface area contributed by atoms with Gasteiger partial charge in [0.2, 0.25) is 11.9 Å². The van der Waals surface area contributed by atoms with Crippen LogP contribution in [-0.2, 0) is 5.54 Å². The lowest BCUT2D eigenvalue weighted by Gasteiger charge is -2.24. The van der Waals surface area contributed by atoms with E-state index in [2.05, 4.69) is 35.6 Å². The summed E-state index contributed by atoms with van der Waals surface area (Å²) in [5, 5.41) is 13.8. The highest BCUT2D eigenvalue weighted by Gasteiger charge is 2.26. The summed E-state index contributed by atoms with van der Waals surface area (Å²) in [5.74, 6) is -0.641. The molecule has 4 rings (SSSR count). The molecule has 3 heterocycles. The van der Waals surface area contributed by atoms with Gasteiger partial charge in [-0.15, -0.1) is 0 Å². The van der Waals surface area contributed by atoms with Crippen molar-refractivity contribution in [1.82, 2.24) is 34.9 Å². The van der Waals surface area contributed by atoms with Gasteiger partial charge in [-0.25, -0.2) is 9.07 Å². The smallest absolute Gasteiger partial charge is 0.333 e. The molecule has 0 atom stereocenters. The number of alkyl halides is 2. The quantitative estimate of drug-likeness (QED) is 0.468. The highest BCUT2D eigenvalue weighted by Crippen LogP contribution is 2.28.